The molecule has 2 fully saturated rings. The molecule has 0 bridgehead atoms. The van der Waals surface area contributed by atoms with E-state index >= 15 is 0 Å². The fraction of sp³-hybridized carbons (Fsp3) is 0.600. The van der Waals surface area contributed by atoms with Crippen molar-refractivity contribution in [3.63, 3.8) is 0 Å². The number of hydrogen-bond donors (Lipinski definition) is 0. The highest BCUT2D eigenvalue weighted by Crippen LogP contribution is 2.33. The van der Waals surface area contributed by atoms with E-state index < -0.39 is 0 Å². The van der Waals surface area contributed by atoms with E-state index in [-0.39, 0.29) is 17.7 Å². The van der Waals surface area contributed by atoms with E-state index in [2.05, 4.69) is 13.8 Å². The summed E-state index contributed by atoms with van der Waals surface area (Å²) in [5.41, 5.74) is 1.02. The second-order valence-electron chi connectivity index (χ2n) is 7.60. The predicted molar refractivity (Wildman–Crippen MR) is 96.1 cm³/mol. The zero-order valence-electron chi connectivity index (χ0n) is 15.4. The summed E-state index contributed by atoms with van der Waals surface area (Å²) in [4.78, 5) is 29.2. The van der Waals surface area contributed by atoms with Crippen LogP contribution >= 0.6 is 0 Å². The molecule has 1 aliphatic carbocycles. The Labute approximate surface area is 149 Å². The summed E-state index contributed by atoms with van der Waals surface area (Å²) in [5, 5.41) is 0. The van der Waals surface area contributed by atoms with E-state index in [9.17, 15) is 9.59 Å². The molecule has 136 valence electrons. The second kappa shape index (κ2) is 7.46. The van der Waals surface area contributed by atoms with Gasteiger partial charge in [-0.15, -0.1) is 0 Å². The summed E-state index contributed by atoms with van der Waals surface area (Å²) in [6.45, 7) is 6.05. The Hall–Kier alpha value is -2.04. The molecule has 0 N–H and O–H groups in total. The SMILES string of the molecule is COc1ccccc1CN(C(=O)[C@H]1CC(=O)N(CC(C)C)C1)C1CC1. The first-order valence-corrected chi connectivity index (χ1v) is 9.19. The van der Waals surface area contributed by atoms with Crippen LogP contribution in [-0.4, -0.2) is 47.9 Å². The van der Waals surface area contributed by atoms with E-state index in [1.165, 1.54) is 0 Å². The monoisotopic (exact) mass is 344 g/mol. The molecule has 0 radical (unpaired) electrons. The maximum absolute atomic E-state index is 13.1. The van der Waals surface area contributed by atoms with Gasteiger partial charge in [0, 0.05) is 37.7 Å². The van der Waals surface area contributed by atoms with Gasteiger partial charge in [-0.25, -0.2) is 0 Å². The summed E-state index contributed by atoms with van der Waals surface area (Å²) < 4.78 is 5.43. The quantitative estimate of drug-likeness (QED) is 0.764. The standard InChI is InChI=1S/C20H28N2O3/c1-14(2)11-21-12-16(10-19(21)23)20(24)22(17-8-9-17)13-15-6-4-5-7-18(15)25-3/h4-7,14,16-17H,8-13H2,1-3H3/t16-/m0/s1. The molecule has 0 spiro atoms. The molecule has 0 aromatic heterocycles. The number of nitrogens with zero attached hydrogens (tertiary/aromatic N) is 2. The average Bonchev–Trinajstić information content (AvgIpc) is 3.36. The fourth-order valence-corrected chi connectivity index (χ4v) is 3.58. The molecule has 1 saturated heterocycles. The van der Waals surface area contributed by atoms with Gasteiger partial charge in [0.15, 0.2) is 0 Å². The van der Waals surface area contributed by atoms with Crippen molar-refractivity contribution in [1.29, 1.82) is 0 Å². The van der Waals surface area contributed by atoms with Crippen LogP contribution in [0.2, 0.25) is 0 Å². The van der Waals surface area contributed by atoms with Crippen molar-refractivity contribution in [2.75, 3.05) is 20.2 Å². The van der Waals surface area contributed by atoms with Crippen molar-refractivity contribution in [1.82, 2.24) is 9.80 Å². The van der Waals surface area contributed by atoms with E-state index in [0.717, 1.165) is 30.7 Å². The lowest BCUT2D eigenvalue weighted by Gasteiger charge is -2.26. The first kappa shape index (κ1) is 17.8. The molecule has 5 nitrogen and oxygen atoms in total. The number of methoxy groups -OCH3 is 1. The average molecular weight is 344 g/mol. The Kier molecular flexibility index (Phi) is 5.30. The maximum Gasteiger partial charge on any atom is 0.228 e. The summed E-state index contributed by atoms with van der Waals surface area (Å²) in [7, 11) is 1.65. The van der Waals surface area contributed by atoms with E-state index in [1.54, 1.807) is 7.11 Å². The van der Waals surface area contributed by atoms with Crippen LogP contribution in [0.25, 0.3) is 0 Å². The second-order valence-corrected chi connectivity index (χ2v) is 7.60. The van der Waals surface area contributed by atoms with Crippen LogP contribution in [0.5, 0.6) is 5.75 Å². The third kappa shape index (κ3) is 4.14. The number of hydrogen-bond acceptors (Lipinski definition) is 3. The number of ether oxygens (including phenoxy) is 1. The molecule has 25 heavy (non-hydrogen) atoms. The third-order valence-electron chi connectivity index (χ3n) is 4.95. The van der Waals surface area contributed by atoms with Crippen LogP contribution < -0.4 is 4.74 Å². The minimum atomic E-state index is -0.207. The zero-order chi connectivity index (χ0) is 18.0. The molecule has 1 aliphatic heterocycles. The number of likely N-dealkylation sites (tertiary alicyclic amines) is 1. The van der Waals surface area contributed by atoms with Gasteiger partial charge in [-0.2, -0.15) is 0 Å². The normalized spacial score (nSPS) is 20.2. The molecule has 2 aliphatic rings. The van der Waals surface area contributed by atoms with Crippen LogP contribution in [0.1, 0.15) is 38.7 Å². The lowest BCUT2D eigenvalue weighted by molar-refractivity contribution is -0.137. The van der Waals surface area contributed by atoms with E-state index in [0.29, 0.717) is 31.5 Å². The number of carbonyl (C=O) groups is 2. The summed E-state index contributed by atoms with van der Waals surface area (Å²) in [6.07, 6.45) is 2.45. The predicted octanol–water partition coefficient (Wildman–Crippen LogP) is 2.69. The molecule has 5 heteroatoms. The van der Waals surface area contributed by atoms with Crippen LogP contribution in [-0.2, 0) is 16.1 Å². The van der Waals surface area contributed by atoms with E-state index in [4.69, 9.17) is 4.74 Å². The van der Waals surface area contributed by atoms with Crippen LogP contribution in [0, 0.1) is 11.8 Å². The van der Waals surface area contributed by atoms with Gasteiger partial charge >= 0.3 is 0 Å². The van der Waals surface area contributed by atoms with Gasteiger partial charge in [0.1, 0.15) is 5.75 Å². The molecule has 3 rings (SSSR count). The van der Waals surface area contributed by atoms with Crippen molar-refractivity contribution >= 4 is 11.8 Å². The highest BCUT2D eigenvalue weighted by atomic mass is 16.5. The van der Waals surface area contributed by atoms with Crippen molar-refractivity contribution in [3.05, 3.63) is 29.8 Å². The lowest BCUT2D eigenvalue weighted by atomic mass is 10.1. The van der Waals surface area contributed by atoms with Gasteiger partial charge in [-0.3, -0.25) is 9.59 Å². The van der Waals surface area contributed by atoms with Gasteiger partial charge in [0.2, 0.25) is 11.8 Å². The molecular weight excluding hydrogens is 316 g/mol. The minimum absolute atomic E-state index is 0.111. The summed E-state index contributed by atoms with van der Waals surface area (Å²) >= 11 is 0. The van der Waals surface area contributed by atoms with Crippen LogP contribution in [0.15, 0.2) is 24.3 Å². The van der Waals surface area contributed by atoms with Gasteiger partial charge < -0.3 is 14.5 Å². The molecule has 2 amide bonds. The Morgan fingerprint density at radius 1 is 1.32 bits per heavy atom. The third-order valence-corrected chi connectivity index (χ3v) is 4.95. The van der Waals surface area contributed by atoms with Gasteiger partial charge in [0.25, 0.3) is 0 Å². The smallest absolute Gasteiger partial charge is 0.228 e. The number of para-hydroxylation sites is 1. The molecule has 1 heterocycles. The van der Waals surface area contributed by atoms with Crippen LogP contribution in [0.3, 0.4) is 0 Å². The fourth-order valence-electron chi connectivity index (χ4n) is 3.58. The Bertz CT molecular complexity index is 640. The largest absolute Gasteiger partial charge is 0.496 e. The van der Waals surface area contributed by atoms with Crippen molar-refractivity contribution in [3.8, 4) is 5.75 Å². The number of amides is 2. The Balaban J connectivity index is 1.71. The number of rotatable bonds is 7. The maximum atomic E-state index is 13.1. The first-order valence-electron chi connectivity index (χ1n) is 9.19. The highest BCUT2D eigenvalue weighted by molar-refractivity contribution is 5.89. The topological polar surface area (TPSA) is 49.9 Å². The van der Waals surface area contributed by atoms with Crippen molar-refractivity contribution in [2.45, 2.75) is 45.7 Å². The lowest BCUT2D eigenvalue weighted by Crippen LogP contribution is -2.39. The van der Waals surface area contributed by atoms with Crippen LogP contribution in [0.4, 0.5) is 0 Å². The Morgan fingerprint density at radius 3 is 2.68 bits per heavy atom. The summed E-state index contributed by atoms with van der Waals surface area (Å²) in [6, 6.07) is 8.15. The minimum Gasteiger partial charge on any atom is -0.496 e. The molecule has 1 atom stereocenters. The first-order chi connectivity index (χ1) is 12.0. The molecule has 1 saturated carbocycles. The highest BCUT2D eigenvalue weighted by Gasteiger charge is 2.41. The van der Waals surface area contributed by atoms with Gasteiger partial charge in [0.05, 0.1) is 13.0 Å². The Morgan fingerprint density at radius 2 is 2.04 bits per heavy atom. The molecule has 1 aromatic rings. The number of benzene rings is 1. The zero-order valence-corrected chi connectivity index (χ0v) is 15.4. The molecular formula is C20H28N2O3. The number of carbonyl (C=O) groups excluding carboxylic acids is 2. The molecule has 0 unspecified atom stereocenters. The van der Waals surface area contributed by atoms with Gasteiger partial charge in [-0.1, -0.05) is 32.0 Å². The molecule has 1 aromatic carbocycles. The van der Waals surface area contributed by atoms with Gasteiger partial charge in [-0.05, 0) is 24.8 Å². The van der Waals surface area contributed by atoms with E-state index in [1.807, 2.05) is 34.1 Å². The van der Waals surface area contributed by atoms with Crippen molar-refractivity contribution in [2.24, 2.45) is 11.8 Å². The summed E-state index contributed by atoms with van der Waals surface area (Å²) in [5.74, 6) is 1.26. The van der Waals surface area contributed by atoms with Crippen molar-refractivity contribution < 1.29 is 14.3 Å².